The Morgan fingerprint density at radius 1 is 0.972 bits per heavy atom. The molecule has 3 aromatic carbocycles. The lowest BCUT2D eigenvalue weighted by molar-refractivity contribution is -0.122. The number of hydrogen-bond donors (Lipinski definition) is 1. The largest absolute Gasteiger partial charge is 0.462 e. The van der Waals surface area contributed by atoms with E-state index in [4.69, 9.17) is 27.9 Å². The maximum Gasteiger partial charge on any atom is 0.338 e. The number of carbonyl (C=O) groups excluding carboxylic acids is 4. The Morgan fingerprint density at radius 3 is 2.39 bits per heavy atom. The molecule has 1 aliphatic heterocycles. The van der Waals surface area contributed by atoms with Crippen LogP contribution in [0.2, 0.25) is 10.0 Å². The topological polar surface area (TPSA) is 92.8 Å². The number of carbonyl (C=O) groups is 4. The fourth-order valence-electron chi connectivity index (χ4n) is 3.72. The summed E-state index contributed by atoms with van der Waals surface area (Å²) < 4.78 is 4.95. The van der Waals surface area contributed by atoms with E-state index in [9.17, 15) is 19.2 Å². The minimum atomic E-state index is -0.895. The highest BCUT2D eigenvalue weighted by Gasteiger charge is 2.37. The summed E-state index contributed by atoms with van der Waals surface area (Å²) in [5, 5.41) is 3.19. The van der Waals surface area contributed by atoms with Crippen molar-refractivity contribution < 1.29 is 23.9 Å². The zero-order valence-corrected chi connectivity index (χ0v) is 20.6. The molecular formula is C27H20Cl2N2O5. The van der Waals surface area contributed by atoms with Crippen LogP contribution in [0, 0.1) is 0 Å². The second-order valence-electron chi connectivity index (χ2n) is 7.84. The van der Waals surface area contributed by atoms with Crippen LogP contribution < -0.4 is 10.2 Å². The molecule has 9 heteroatoms. The fraction of sp³-hybridized carbons (Fsp3) is 0.111. The molecule has 1 N–H and O–H groups in total. The number of halogens is 2. The Kier molecular flexibility index (Phi) is 7.52. The highest BCUT2D eigenvalue weighted by atomic mass is 35.5. The van der Waals surface area contributed by atoms with Gasteiger partial charge in [-0.2, -0.15) is 0 Å². The molecule has 1 heterocycles. The summed E-state index contributed by atoms with van der Waals surface area (Å²) in [7, 11) is 0. The molecule has 0 radical (unpaired) electrons. The first-order valence-electron chi connectivity index (χ1n) is 11.0. The molecule has 0 saturated carbocycles. The van der Waals surface area contributed by atoms with Gasteiger partial charge >= 0.3 is 12.0 Å². The molecule has 0 spiro atoms. The third kappa shape index (κ3) is 5.32. The van der Waals surface area contributed by atoms with Crippen LogP contribution in [0.1, 0.15) is 34.0 Å². The number of ether oxygens (including phenoxy) is 1. The molecule has 0 bridgehead atoms. The first kappa shape index (κ1) is 25.2. The standard InChI is InChI=1S/C27H20Cl2N2O5/c1-2-36-26(34)16-8-11-21(12-9-16)31-25(33)22(24(32)30-27(31)35)15-19-14-20(28)10-7-17(19)13-18-5-3-4-6-23(18)29/h3-12,14-15H,2,13H2,1H3,(H,30,32,35)/b22-15+. The van der Waals surface area contributed by atoms with E-state index in [1.807, 2.05) is 18.2 Å². The second kappa shape index (κ2) is 10.8. The van der Waals surface area contributed by atoms with Crippen molar-refractivity contribution in [3.05, 3.63) is 105 Å². The second-order valence-corrected chi connectivity index (χ2v) is 8.68. The van der Waals surface area contributed by atoms with Gasteiger partial charge < -0.3 is 4.74 Å². The number of nitrogens with one attached hydrogen (secondary N) is 1. The van der Waals surface area contributed by atoms with E-state index >= 15 is 0 Å². The maximum atomic E-state index is 13.3. The van der Waals surface area contributed by atoms with Crippen LogP contribution in [0.25, 0.3) is 6.08 Å². The van der Waals surface area contributed by atoms with Crippen LogP contribution in [0.5, 0.6) is 0 Å². The number of imide groups is 2. The number of esters is 1. The van der Waals surface area contributed by atoms with Gasteiger partial charge in [-0.1, -0.05) is 47.5 Å². The lowest BCUT2D eigenvalue weighted by atomic mass is 9.97. The number of anilines is 1. The number of amides is 4. The molecule has 3 aromatic rings. The van der Waals surface area contributed by atoms with Gasteiger partial charge in [0.05, 0.1) is 17.9 Å². The first-order valence-corrected chi connectivity index (χ1v) is 11.7. The van der Waals surface area contributed by atoms with Crippen molar-refractivity contribution >= 4 is 58.8 Å². The predicted molar refractivity (Wildman–Crippen MR) is 137 cm³/mol. The number of hydrogen-bond acceptors (Lipinski definition) is 5. The van der Waals surface area contributed by atoms with Gasteiger partial charge in [-0.05, 0) is 78.6 Å². The number of urea groups is 1. The molecule has 182 valence electrons. The molecule has 4 rings (SSSR count). The summed E-state index contributed by atoms with van der Waals surface area (Å²) in [6.45, 7) is 1.90. The lowest BCUT2D eigenvalue weighted by Gasteiger charge is -2.26. The van der Waals surface area contributed by atoms with Gasteiger partial charge in [-0.25, -0.2) is 14.5 Å². The van der Waals surface area contributed by atoms with Crippen molar-refractivity contribution in [3.8, 4) is 0 Å². The SMILES string of the molecule is CCOC(=O)c1ccc(N2C(=O)NC(=O)/C(=C\c3cc(Cl)ccc3Cc3ccccc3Cl)C2=O)cc1. The minimum absolute atomic E-state index is 0.186. The molecule has 0 aliphatic carbocycles. The highest BCUT2D eigenvalue weighted by Crippen LogP contribution is 2.27. The van der Waals surface area contributed by atoms with Gasteiger partial charge in [-0.15, -0.1) is 0 Å². The summed E-state index contributed by atoms with van der Waals surface area (Å²) in [4.78, 5) is 51.3. The van der Waals surface area contributed by atoms with Crippen molar-refractivity contribution in [2.75, 3.05) is 11.5 Å². The zero-order chi connectivity index (χ0) is 25.8. The van der Waals surface area contributed by atoms with Crippen molar-refractivity contribution in [2.24, 2.45) is 0 Å². The van der Waals surface area contributed by atoms with Gasteiger partial charge in [0.25, 0.3) is 11.8 Å². The van der Waals surface area contributed by atoms with E-state index in [-0.39, 0.29) is 23.4 Å². The Bertz CT molecular complexity index is 1400. The summed E-state index contributed by atoms with van der Waals surface area (Å²) in [5.74, 6) is -2.16. The van der Waals surface area contributed by atoms with Gasteiger partial charge in [0, 0.05) is 10.0 Å². The molecule has 4 amide bonds. The van der Waals surface area contributed by atoms with Gasteiger partial charge in [0.2, 0.25) is 0 Å². The summed E-state index contributed by atoms with van der Waals surface area (Å²) in [6.07, 6.45) is 1.84. The lowest BCUT2D eigenvalue weighted by Crippen LogP contribution is -2.54. The Balaban J connectivity index is 1.69. The molecule has 1 aliphatic rings. The normalized spacial score (nSPS) is 14.7. The molecule has 0 unspecified atom stereocenters. The van der Waals surface area contributed by atoms with Crippen molar-refractivity contribution in [1.29, 1.82) is 0 Å². The van der Waals surface area contributed by atoms with Crippen molar-refractivity contribution in [3.63, 3.8) is 0 Å². The highest BCUT2D eigenvalue weighted by molar-refractivity contribution is 6.39. The zero-order valence-electron chi connectivity index (χ0n) is 19.1. The molecule has 0 atom stereocenters. The smallest absolute Gasteiger partial charge is 0.338 e. The number of nitrogens with zero attached hydrogens (tertiary/aromatic N) is 1. The Morgan fingerprint density at radius 2 is 1.69 bits per heavy atom. The van der Waals surface area contributed by atoms with Crippen molar-refractivity contribution in [2.45, 2.75) is 13.3 Å². The van der Waals surface area contributed by atoms with E-state index in [0.29, 0.717) is 22.0 Å². The molecule has 7 nitrogen and oxygen atoms in total. The van der Waals surface area contributed by atoms with E-state index in [2.05, 4.69) is 5.32 Å². The van der Waals surface area contributed by atoms with Crippen LogP contribution in [0.15, 0.2) is 72.3 Å². The van der Waals surface area contributed by atoms with E-state index < -0.39 is 23.8 Å². The Labute approximate surface area is 217 Å². The number of rotatable bonds is 6. The monoisotopic (exact) mass is 522 g/mol. The summed E-state index contributed by atoms with van der Waals surface area (Å²) in [5.41, 5.74) is 2.38. The fourth-order valence-corrected chi connectivity index (χ4v) is 4.10. The van der Waals surface area contributed by atoms with Crippen molar-refractivity contribution in [1.82, 2.24) is 5.32 Å². The Hall–Kier alpha value is -3.94. The van der Waals surface area contributed by atoms with E-state index in [1.165, 1.54) is 30.3 Å². The van der Waals surface area contributed by atoms with Crippen LogP contribution >= 0.6 is 23.2 Å². The summed E-state index contributed by atoms with van der Waals surface area (Å²) >= 11 is 12.5. The number of benzene rings is 3. The third-order valence-corrected chi connectivity index (χ3v) is 6.09. The van der Waals surface area contributed by atoms with Gasteiger partial charge in [0.1, 0.15) is 5.57 Å². The number of barbiturate groups is 1. The average Bonchev–Trinajstić information content (AvgIpc) is 2.85. The van der Waals surface area contributed by atoms with Crippen LogP contribution in [-0.2, 0) is 20.7 Å². The molecule has 36 heavy (non-hydrogen) atoms. The maximum absolute atomic E-state index is 13.3. The molecular weight excluding hydrogens is 503 g/mol. The van der Waals surface area contributed by atoms with E-state index in [0.717, 1.165) is 16.0 Å². The third-order valence-electron chi connectivity index (χ3n) is 5.48. The average molecular weight is 523 g/mol. The van der Waals surface area contributed by atoms with Gasteiger partial charge in [-0.3, -0.25) is 14.9 Å². The van der Waals surface area contributed by atoms with E-state index in [1.54, 1.807) is 31.2 Å². The predicted octanol–water partition coefficient (Wildman–Crippen LogP) is 5.43. The minimum Gasteiger partial charge on any atom is -0.462 e. The van der Waals surface area contributed by atoms with Gasteiger partial charge in [0.15, 0.2) is 0 Å². The molecule has 1 fully saturated rings. The first-order chi connectivity index (χ1) is 17.3. The molecule has 0 aromatic heterocycles. The van der Waals surface area contributed by atoms with Crippen LogP contribution in [0.3, 0.4) is 0 Å². The quantitative estimate of drug-likeness (QED) is 0.264. The van der Waals surface area contributed by atoms with Crippen LogP contribution in [0.4, 0.5) is 10.5 Å². The summed E-state index contributed by atoms with van der Waals surface area (Å²) in [6, 6.07) is 17.3. The molecule has 1 saturated heterocycles. The van der Waals surface area contributed by atoms with Crippen LogP contribution in [-0.4, -0.2) is 30.4 Å².